The number of aliphatic hydroxyl groups excluding tert-OH is 2. The smallest absolute Gasteiger partial charge is 0.0860 e. The summed E-state index contributed by atoms with van der Waals surface area (Å²) in [5.41, 5.74) is -0.391. The SMILES string of the molecule is CC(C)(COCCO)OCCO. The average molecular weight is 178 g/mol. The molecule has 0 atom stereocenters. The van der Waals surface area contributed by atoms with Crippen molar-refractivity contribution >= 4 is 0 Å². The number of aliphatic hydroxyl groups is 2. The van der Waals surface area contributed by atoms with Crippen molar-refractivity contribution in [2.24, 2.45) is 0 Å². The van der Waals surface area contributed by atoms with Crippen LogP contribution in [0.2, 0.25) is 0 Å². The van der Waals surface area contributed by atoms with Crippen LogP contribution in [0, 0.1) is 0 Å². The lowest BCUT2D eigenvalue weighted by Gasteiger charge is -2.24. The molecule has 0 aromatic heterocycles. The maximum atomic E-state index is 8.50. The second-order valence-corrected chi connectivity index (χ2v) is 3.11. The molecule has 0 unspecified atom stereocenters. The molecule has 4 heteroatoms. The molecule has 0 saturated heterocycles. The molecule has 12 heavy (non-hydrogen) atoms. The van der Waals surface area contributed by atoms with Gasteiger partial charge in [-0.15, -0.1) is 0 Å². The maximum Gasteiger partial charge on any atom is 0.0860 e. The van der Waals surface area contributed by atoms with E-state index in [4.69, 9.17) is 19.7 Å². The van der Waals surface area contributed by atoms with E-state index in [0.717, 1.165) is 0 Å². The van der Waals surface area contributed by atoms with Gasteiger partial charge in [0.1, 0.15) is 0 Å². The van der Waals surface area contributed by atoms with Crippen LogP contribution in [0.15, 0.2) is 0 Å². The Kier molecular flexibility index (Phi) is 6.28. The minimum Gasteiger partial charge on any atom is -0.394 e. The van der Waals surface area contributed by atoms with Crippen LogP contribution in [0.5, 0.6) is 0 Å². The minimum atomic E-state index is -0.391. The van der Waals surface area contributed by atoms with Crippen LogP contribution in [-0.2, 0) is 9.47 Å². The van der Waals surface area contributed by atoms with Crippen molar-refractivity contribution in [1.82, 2.24) is 0 Å². The summed E-state index contributed by atoms with van der Waals surface area (Å²) in [6.45, 7) is 4.86. The highest BCUT2D eigenvalue weighted by Crippen LogP contribution is 2.08. The third-order valence-electron chi connectivity index (χ3n) is 1.27. The molecule has 0 aliphatic heterocycles. The van der Waals surface area contributed by atoms with E-state index >= 15 is 0 Å². The summed E-state index contributed by atoms with van der Waals surface area (Å²) in [5.74, 6) is 0. The van der Waals surface area contributed by atoms with E-state index in [1.54, 1.807) is 0 Å². The summed E-state index contributed by atoms with van der Waals surface area (Å²) in [6.07, 6.45) is 0. The Bertz CT molecular complexity index is 103. The second-order valence-electron chi connectivity index (χ2n) is 3.11. The maximum absolute atomic E-state index is 8.50. The molecule has 0 spiro atoms. The van der Waals surface area contributed by atoms with Gasteiger partial charge in [-0.3, -0.25) is 0 Å². The van der Waals surface area contributed by atoms with Crippen molar-refractivity contribution in [1.29, 1.82) is 0 Å². The van der Waals surface area contributed by atoms with Crippen molar-refractivity contribution in [3.05, 3.63) is 0 Å². The number of ether oxygens (including phenoxy) is 2. The van der Waals surface area contributed by atoms with Crippen LogP contribution >= 0.6 is 0 Å². The predicted octanol–water partition coefficient (Wildman–Crippen LogP) is -0.217. The molecule has 0 aliphatic carbocycles. The van der Waals surface area contributed by atoms with E-state index in [-0.39, 0.29) is 13.2 Å². The van der Waals surface area contributed by atoms with E-state index in [0.29, 0.717) is 19.8 Å². The molecule has 0 heterocycles. The lowest BCUT2D eigenvalue weighted by Crippen LogP contribution is -2.32. The molecule has 0 radical (unpaired) electrons. The van der Waals surface area contributed by atoms with Gasteiger partial charge in [0.05, 0.1) is 38.6 Å². The first-order valence-corrected chi connectivity index (χ1v) is 4.06. The summed E-state index contributed by atoms with van der Waals surface area (Å²) in [7, 11) is 0. The monoisotopic (exact) mass is 178 g/mol. The van der Waals surface area contributed by atoms with Crippen molar-refractivity contribution in [3.8, 4) is 0 Å². The van der Waals surface area contributed by atoms with Crippen molar-refractivity contribution in [3.63, 3.8) is 0 Å². The summed E-state index contributed by atoms with van der Waals surface area (Å²) in [4.78, 5) is 0. The molecule has 0 aromatic rings. The molecule has 0 aromatic carbocycles. The molecule has 0 amide bonds. The third-order valence-corrected chi connectivity index (χ3v) is 1.27. The minimum absolute atomic E-state index is 0.0173. The quantitative estimate of drug-likeness (QED) is 0.529. The molecule has 2 N–H and O–H groups in total. The number of hydrogen-bond acceptors (Lipinski definition) is 4. The van der Waals surface area contributed by atoms with Gasteiger partial charge < -0.3 is 19.7 Å². The van der Waals surface area contributed by atoms with Gasteiger partial charge in [0.15, 0.2) is 0 Å². The third kappa shape index (κ3) is 6.54. The first-order chi connectivity index (χ1) is 5.62. The Morgan fingerprint density at radius 3 is 2.17 bits per heavy atom. The van der Waals surface area contributed by atoms with Crippen molar-refractivity contribution in [2.75, 3.05) is 33.0 Å². The Labute approximate surface area is 73.1 Å². The van der Waals surface area contributed by atoms with Crippen LogP contribution in [-0.4, -0.2) is 48.8 Å². The van der Waals surface area contributed by atoms with E-state index in [2.05, 4.69) is 0 Å². The van der Waals surface area contributed by atoms with E-state index < -0.39 is 5.60 Å². The summed E-state index contributed by atoms with van der Waals surface area (Å²) in [5, 5.41) is 16.9. The number of hydrogen-bond donors (Lipinski definition) is 2. The molecular formula is C8H18O4. The fourth-order valence-electron chi connectivity index (χ4n) is 0.746. The molecule has 0 saturated carbocycles. The Morgan fingerprint density at radius 2 is 1.67 bits per heavy atom. The Morgan fingerprint density at radius 1 is 1.08 bits per heavy atom. The fourth-order valence-corrected chi connectivity index (χ4v) is 0.746. The number of rotatable bonds is 7. The van der Waals surface area contributed by atoms with E-state index in [1.807, 2.05) is 13.8 Å². The van der Waals surface area contributed by atoms with Crippen LogP contribution in [0.4, 0.5) is 0 Å². The standard InChI is InChI=1S/C8H18O4/c1-8(2,12-6-4-10)7-11-5-3-9/h9-10H,3-7H2,1-2H3. The topological polar surface area (TPSA) is 58.9 Å². The van der Waals surface area contributed by atoms with Gasteiger partial charge in [-0.2, -0.15) is 0 Å². The summed E-state index contributed by atoms with van der Waals surface area (Å²) >= 11 is 0. The fraction of sp³-hybridized carbons (Fsp3) is 1.00. The Balaban J connectivity index is 3.42. The largest absolute Gasteiger partial charge is 0.394 e. The first-order valence-electron chi connectivity index (χ1n) is 4.06. The summed E-state index contributed by atoms with van der Waals surface area (Å²) < 4.78 is 10.4. The lowest BCUT2D eigenvalue weighted by atomic mass is 10.1. The van der Waals surface area contributed by atoms with E-state index in [1.165, 1.54) is 0 Å². The van der Waals surface area contributed by atoms with Gasteiger partial charge in [-0.05, 0) is 13.8 Å². The normalized spacial score (nSPS) is 12.0. The van der Waals surface area contributed by atoms with Gasteiger partial charge in [0.2, 0.25) is 0 Å². The lowest BCUT2D eigenvalue weighted by molar-refractivity contribution is -0.0865. The zero-order valence-corrected chi connectivity index (χ0v) is 7.75. The van der Waals surface area contributed by atoms with Gasteiger partial charge in [-0.25, -0.2) is 0 Å². The van der Waals surface area contributed by atoms with Gasteiger partial charge in [-0.1, -0.05) is 0 Å². The summed E-state index contributed by atoms with van der Waals surface area (Å²) in [6, 6.07) is 0. The van der Waals surface area contributed by atoms with Crippen LogP contribution in [0.3, 0.4) is 0 Å². The highest BCUT2D eigenvalue weighted by atomic mass is 16.5. The van der Waals surface area contributed by atoms with Crippen LogP contribution in [0.25, 0.3) is 0 Å². The zero-order chi connectivity index (χ0) is 9.45. The molecule has 74 valence electrons. The second kappa shape index (κ2) is 6.37. The van der Waals surface area contributed by atoms with Crippen LogP contribution in [0.1, 0.15) is 13.8 Å². The predicted molar refractivity (Wildman–Crippen MR) is 45.0 cm³/mol. The zero-order valence-electron chi connectivity index (χ0n) is 7.75. The molecule has 0 fully saturated rings. The average Bonchev–Trinajstić information content (AvgIpc) is 2.01. The van der Waals surface area contributed by atoms with Crippen LogP contribution < -0.4 is 0 Å². The highest BCUT2D eigenvalue weighted by molar-refractivity contribution is 4.66. The molecule has 0 rings (SSSR count). The van der Waals surface area contributed by atoms with Gasteiger partial charge >= 0.3 is 0 Å². The molecular weight excluding hydrogens is 160 g/mol. The molecule has 0 bridgehead atoms. The molecule has 0 aliphatic rings. The van der Waals surface area contributed by atoms with Crippen molar-refractivity contribution in [2.45, 2.75) is 19.4 Å². The van der Waals surface area contributed by atoms with Crippen molar-refractivity contribution < 1.29 is 19.7 Å². The van der Waals surface area contributed by atoms with Gasteiger partial charge in [0.25, 0.3) is 0 Å². The Hall–Kier alpha value is -0.160. The highest BCUT2D eigenvalue weighted by Gasteiger charge is 2.17. The molecule has 4 nitrogen and oxygen atoms in total. The van der Waals surface area contributed by atoms with E-state index in [9.17, 15) is 0 Å². The van der Waals surface area contributed by atoms with Gasteiger partial charge in [0, 0.05) is 0 Å². The first kappa shape index (κ1) is 11.8.